The van der Waals surface area contributed by atoms with E-state index >= 15 is 0 Å². The van der Waals surface area contributed by atoms with Crippen LogP contribution in [0.5, 0.6) is 0 Å². The van der Waals surface area contributed by atoms with Gasteiger partial charge in [0.1, 0.15) is 13.7 Å². The van der Waals surface area contributed by atoms with E-state index in [2.05, 4.69) is 0 Å². The predicted molar refractivity (Wildman–Crippen MR) is 66.4 cm³/mol. The van der Waals surface area contributed by atoms with E-state index in [1.54, 1.807) is 0 Å². The van der Waals surface area contributed by atoms with Crippen molar-refractivity contribution >= 4 is 13.3 Å². The van der Waals surface area contributed by atoms with Gasteiger partial charge in [-0.15, -0.1) is 0 Å². The molecule has 2 aromatic rings. The Hall–Kier alpha value is -1.99. The summed E-state index contributed by atoms with van der Waals surface area (Å²) in [6.45, 7) is 1.67. The molecule has 0 unspecified atom stereocenters. The lowest BCUT2D eigenvalue weighted by molar-refractivity contribution is 0.444. The van der Waals surface area contributed by atoms with Gasteiger partial charge in [-0.1, -0.05) is 5.46 Å². The van der Waals surface area contributed by atoms with Gasteiger partial charge >= 0.3 is 0 Å². The van der Waals surface area contributed by atoms with Crippen molar-refractivity contribution in [1.82, 2.24) is 0 Å². The largest absolute Gasteiger partial charge is 0.207 e. The van der Waals surface area contributed by atoms with Gasteiger partial charge in [-0.3, -0.25) is 0 Å². The molecule has 0 aliphatic heterocycles. The SMILES string of the molecule is [B]c1c(C)c(F)c(F)c(-c2c(F)c(F)c(C)c(F)c2F)c1F. The van der Waals surface area contributed by atoms with Gasteiger partial charge in [0.25, 0.3) is 0 Å². The average Bonchev–Trinajstić information content (AvgIpc) is 2.50. The normalized spacial score (nSPS) is 11.1. The maximum Gasteiger partial charge on any atom is 0.170 e. The van der Waals surface area contributed by atoms with E-state index in [1.807, 2.05) is 0 Å². The Morgan fingerprint density at radius 1 is 0.500 bits per heavy atom. The smallest absolute Gasteiger partial charge is 0.170 e. The van der Waals surface area contributed by atoms with Crippen LogP contribution in [0, 0.1) is 54.6 Å². The first-order chi connectivity index (χ1) is 10.1. The highest BCUT2D eigenvalue weighted by Crippen LogP contribution is 2.35. The predicted octanol–water partition coefficient (Wildman–Crippen LogP) is 3.74. The third-order valence-electron chi connectivity index (χ3n) is 3.33. The fraction of sp³-hybridized carbons (Fsp3) is 0.143. The van der Waals surface area contributed by atoms with Crippen molar-refractivity contribution in [3.05, 3.63) is 51.8 Å². The minimum absolute atomic E-state index is 0.632. The van der Waals surface area contributed by atoms with Gasteiger partial charge in [0.15, 0.2) is 34.9 Å². The van der Waals surface area contributed by atoms with Crippen LogP contribution in [-0.2, 0) is 0 Å². The Kier molecular flexibility index (Phi) is 3.97. The van der Waals surface area contributed by atoms with Gasteiger partial charge < -0.3 is 0 Å². The second-order valence-corrected chi connectivity index (χ2v) is 4.61. The molecular formula is C14H6BF7. The van der Waals surface area contributed by atoms with Crippen molar-refractivity contribution in [2.75, 3.05) is 0 Å². The zero-order valence-corrected chi connectivity index (χ0v) is 11.2. The minimum Gasteiger partial charge on any atom is -0.207 e. The summed E-state index contributed by atoms with van der Waals surface area (Å²) in [5.74, 6) is -13.1. The third kappa shape index (κ3) is 2.08. The molecule has 0 aromatic heterocycles. The Morgan fingerprint density at radius 2 is 0.818 bits per heavy atom. The van der Waals surface area contributed by atoms with Crippen molar-refractivity contribution in [3.63, 3.8) is 0 Å². The summed E-state index contributed by atoms with van der Waals surface area (Å²) in [6, 6.07) is 0. The van der Waals surface area contributed by atoms with Crippen molar-refractivity contribution in [2.45, 2.75) is 13.8 Å². The van der Waals surface area contributed by atoms with E-state index in [9.17, 15) is 30.7 Å². The molecule has 0 saturated heterocycles. The van der Waals surface area contributed by atoms with Gasteiger partial charge in [0.05, 0.1) is 11.1 Å². The number of benzene rings is 2. The van der Waals surface area contributed by atoms with Crippen LogP contribution in [-0.4, -0.2) is 7.85 Å². The van der Waals surface area contributed by atoms with E-state index in [-0.39, 0.29) is 0 Å². The molecule has 0 aliphatic carbocycles. The van der Waals surface area contributed by atoms with Crippen LogP contribution in [0.25, 0.3) is 11.1 Å². The number of halogens is 7. The molecule has 0 aliphatic rings. The minimum atomic E-state index is -2.04. The van der Waals surface area contributed by atoms with Crippen LogP contribution >= 0.6 is 0 Å². The molecule has 0 saturated carbocycles. The lowest BCUT2D eigenvalue weighted by Crippen LogP contribution is -2.19. The first kappa shape index (κ1) is 16.4. The number of hydrogen-bond acceptors (Lipinski definition) is 0. The molecule has 0 heterocycles. The Morgan fingerprint density at radius 3 is 1.23 bits per heavy atom. The quantitative estimate of drug-likeness (QED) is 0.427. The first-order valence-electron chi connectivity index (χ1n) is 5.86. The standard InChI is InChI=1S/C14H6BF7/c1-3-7(15)11(19)5(12(20)8(3)16)6-13(21)9(17)4(2)10(18)14(6)22/h1-2H3. The first-order valence-corrected chi connectivity index (χ1v) is 5.86. The van der Waals surface area contributed by atoms with Gasteiger partial charge in [0.2, 0.25) is 0 Å². The molecule has 0 amide bonds. The summed E-state index contributed by atoms with van der Waals surface area (Å²) in [6.07, 6.45) is 0. The third-order valence-corrected chi connectivity index (χ3v) is 3.33. The van der Waals surface area contributed by atoms with Crippen LogP contribution in [0.2, 0.25) is 0 Å². The van der Waals surface area contributed by atoms with Crippen molar-refractivity contribution in [2.24, 2.45) is 0 Å². The maximum absolute atomic E-state index is 14.0. The van der Waals surface area contributed by atoms with Crippen molar-refractivity contribution in [1.29, 1.82) is 0 Å². The van der Waals surface area contributed by atoms with Crippen LogP contribution < -0.4 is 5.46 Å². The maximum atomic E-state index is 14.0. The average molecular weight is 318 g/mol. The van der Waals surface area contributed by atoms with Gasteiger partial charge in [-0.25, -0.2) is 30.7 Å². The van der Waals surface area contributed by atoms with E-state index in [0.29, 0.717) is 0 Å². The van der Waals surface area contributed by atoms with Crippen molar-refractivity contribution in [3.8, 4) is 11.1 Å². The lowest BCUT2D eigenvalue weighted by atomic mass is 9.86. The second-order valence-electron chi connectivity index (χ2n) is 4.61. The monoisotopic (exact) mass is 318 g/mol. The fourth-order valence-corrected chi connectivity index (χ4v) is 1.97. The molecule has 22 heavy (non-hydrogen) atoms. The van der Waals surface area contributed by atoms with Gasteiger partial charge in [-0.05, 0) is 19.4 Å². The summed E-state index contributed by atoms with van der Waals surface area (Å²) < 4.78 is 96.2. The molecule has 2 aromatic carbocycles. The molecule has 8 heteroatoms. The molecule has 0 fully saturated rings. The molecule has 114 valence electrons. The topological polar surface area (TPSA) is 0 Å². The zero-order chi connectivity index (χ0) is 16.9. The number of rotatable bonds is 1. The van der Waals surface area contributed by atoms with Crippen molar-refractivity contribution < 1.29 is 30.7 Å². The Labute approximate surface area is 122 Å². The second kappa shape index (κ2) is 5.33. The fourth-order valence-electron chi connectivity index (χ4n) is 1.97. The molecule has 0 nitrogen and oxygen atoms in total. The molecule has 0 N–H and O–H groups in total. The van der Waals surface area contributed by atoms with E-state index in [1.165, 1.54) is 0 Å². The highest BCUT2D eigenvalue weighted by molar-refractivity contribution is 6.34. The van der Waals surface area contributed by atoms with Crippen LogP contribution in [0.4, 0.5) is 30.7 Å². The molecule has 2 rings (SSSR count). The summed E-state index contributed by atoms with van der Waals surface area (Å²) in [7, 11) is 5.18. The molecular weight excluding hydrogens is 312 g/mol. The summed E-state index contributed by atoms with van der Waals surface area (Å²) in [5.41, 5.74) is -5.86. The highest BCUT2D eigenvalue weighted by Gasteiger charge is 2.30. The lowest BCUT2D eigenvalue weighted by Gasteiger charge is -2.15. The highest BCUT2D eigenvalue weighted by atomic mass is 19.2. The molecule has 0 spiro atoms. The summed E-state index contributed by atoms with van der Waals surface area (Å²) >= 11 is 0. The van der Waals surface area contributed by atoms with Gasteiger partial charge in [0, 0.05) is 5.56 Å². The molecule has 2 radical (unpaired) electrons. The Balaban J connectivity index is 3.03. The van der Waals surface area contributed by atoms with Gasteiger partial charge in [-0.2, -0.15) is 0 Å². The summed E-state index contributed by atoms with van der Waals surface area (Å²) in [4.78, 5) is 0. The molecule has 0 bridgehead atoms. The number of hydrogen-bond donors (Lipinski definition) is 0. The zero-order valence-electron chi connectivity index (χ0n) is 11.2. The molecule has 0 atom stereocenters. The van der Waals surface area contributed by atoms with E-state index < -0.39 is 68.4 Å². The van der Waals surface area contributed by atoms with Crippen LogP contribution in [0.15, 0.2) is 0 Å². The van der Waals surface area contributed by atoms with Crippen LogP contribution in [0.1, 0.15) is 11.1 Å². The van der Waals surface area contributed by atoms with E-state index in [4.69, 9.17) is 7.85 Å². The van der Waals surface area contributed by atoms with E-state index in [0.717, 1.165) is 13.8 Å². The Bertz CT molecular complexity index is 673. The van der Waals surface area contributed by atoms with Crippen LogP contribution in [0.3, 0.4) is 0 Å². The summed E-state index contributed by atoms with van der Waals surface area (Å²) in [5, 5.41) is 0.